The zero-order chi connectivity index (χ0) is 17.1. The van der Waals surface area contributed by atoms with Gasteiger partial charge in [0.05, 0.1) is 25.8 Å². The molecule has 0 aromatic heterocycles. The van der Waals surface area contributed by atoms with Crippen molar-refractivity contribution in [3.63, 3.8) is 0 Å². The van der Waals surface area contributed by atoms with Crippen LogP contribution in [-0.4, -0.2) is 31.6 Å². The van der Waals surface area contributed by atoms with Gasteiger partial charge in [0, 0.05) is 6.54 Å². The molecule has 0 saturated carbocycles. The number of rotatable bonds is 4. The van der Waals surface area contributed by atoms with E-state index in [-0.39, 0.29) is 17.5 Å². The second-order valence-electron chi connectivity index (χ2n) is 5.75. The molecule has 1 unspecified atom stereocenters. The highest BCUT2D eigenvalue weighted by atomic mass is 19.1. The normalized spacial score (nSPS) is 17.0. The summed E-state index contributed by atoms with van der Waals surface area (Å²) in [5, 5.41) is 0. The summed E-state index contributed by atoms with van der Waals surface area (Å²) in [5.74, 6) is 0.511. The fourth-order valence-electron chi connectivity index (χ4n) is 3.21. The minimum absolute atomic E-state index is 0.0862. The Morgan fingerprint density at radius 1 is 1.12 bits per heavy atom. The van der Waals surface area contributed by atoms with Crippen LogP contribution in [0.15, 0.2) is 42.5 Å². The molecule has 1 amide bonds. The summed E-state index contributed by atoms with van der Waals surface area (Å²) >= 11 is 0. The number of ether oxygens (including phenoxy) is 2. The second kappa shape index (κ2) is 6.91. The van der Waals surface area contributed by atoms with Gasteiger partial charge in [-0.1, -0.05) is 18.2 Å². The number of hydrogen-bond donors (Lipinski definition) is 0. The van der Waals surface area contributed by atoms with Gasteiger partial charge in [-0.25, -0.2) is 4.39 Å². The predicted molar refractivity (Wildman–Crippen MR) is 89.0 cm³/mol. The third kappa shape index (κ3) is 2.94. The lowest BCUT2D eigenvalue weighted by Crippen LogP contribution is -2.31. The molecule has 1 fully saturated rings. The van der Waals surface area contributed by atoms with E-state index < -0.39 is 5.82 Å². The lowest BCUT2D eigenvalue weighted by Gasteiger charge is -2.26. The van der Waals surface area contributed by atoms with Crippen molar-refractivity contribution in [2.75, 3.05) is 20.8 Å². The van der Waals surface area contributed by atoms with Crippen molar-refractivity contribution in [2.45, 2.75) is 18.9 Å². The quantitative estimate of drug-likeness (QED) is 0.856. The first-order chi connectivity index (χ1) is 11.7. The third-order valence-corrected chi connectivity index (χ3v) is 4.41. The Labute approximate surface area is 140 Å². The summed E-state index contributed by atoms with van der Waals surface area (Å²) < 4.78 is 24.6. The fraction of sp³-hybridized carbons (Fsp3) is 0.316. The van der Waals surface area contributed by atoms with Crippen LogP contribution in [0.3, 0.4) is 0 Å². The molecule has 0 spiro atoms. The molecule has 4 nitrogen and oxygen atoms in total. The molecule has 3 rings (SSSR count). The molecule has 0 radical (unpaired) electrons. The molecular formula is C19H20FNO3. The summed E-state index contributed by atoms with van der Waals surface area (Å²) in [6.07, 6.45) is 1.73. The Morgan fingerprint density at radius 3 is 2.58 bits per heavy atom. The molecule has 1 atom stereocenters. The van der Waals surface area contributed by atoms with Crippen LogP contribution in [0, 0.1) is 5.82 Å². The number of benzene rings is 2. The molecule has 5 heteroatoms. The maximum atomic E-state index is 14.0. The first kappa shape index (κ1) is 16.3. The van der Waals surface area contributed by atoms with Crippen LogP contribution in [0.25, 0.3) is 0 Å². The minimum Gasteiger partial charge on any atom is -0.493 e. The van der Waals surface area contributed by atoms with E-state index in [4.69, 9.17) is 9.47 Å². The van der Waals surface area contributed by atoms with Crippen LogP contribution in [0.4, 0.5) is 4.39 Å². The molecule has 0 N–H and O–H groups in total. The Kier molecular flexibility index (Phi) is 4.69. The highest BCUT2D eigenvalue weighted by molar-refractivity contribution is 5.95. The number of likely N-dealkylation sites (tertiary alicyclic amines) is 1. The summed E-state index contributed by atoms with van der Waals surface area (Å²) in [7, 11) is 3.17. The Balaban J connectivity index is 1.91. The number of nitrogens with zero attached hydrogens (tertiary/aromatic N) is 1. The van der Waals surface area contributed by atoms with Crippen LogP contribution in [0.2, 0.25) is 0 Å². The van der Waals surface area contributed by atoms with Gasteiger partial charge in [0.15, 0.2) is 11.5 Å². The van der Waals surface area contributed by atoms with Crippen LogP contribution in [0.1, 0.15) is 34.8 Å². The summed E-state index contributed by atoms with van der Waals surface area (Å²) in [6, 6.07) is 11.7. The number of methoxy groups -OCH3 is 2. The van der Waals surface area contributed by atoms with Gasteiger partial charge in [-0.15, -0.1) is 0 Å². The zero-order valence-corrected chi connectivity index (χ0v) is 13.8. The molecule has 1 heterocycles. The van der Waals surface area contributed by atoms with Crippen molar-refractivity contribution in [1.29, 1.82) is 0 Å². The summed E-state index contributed by atoms with van der Waals surface area (Å²) in [5.41, 5.74) is 1.08. The molecule has 2 aromatic rings. The number of amides is 1. The molecule has 1 saturated heterocycles. The van der Waals surface area contributed by atoms with Gasteiger partial charge in [-0.2, -0.15) is 0 Å². The number of halogens is 1. The van der Waals surface area contributed by atoms with Crippen molar-refractivity contribution in [2.24, 2.45) is 0 Å². The van der Waals surface area contributed by atoms with Gasteiger partial charge in [-0.3, -0.25) is 4.79 Å². The molecule has 0 aliphatic carbocycles. The van der Waals surface area contributed by atoms with Crippen LogP contribution in [-0.2, 0) is 0 Å². The van der Waals surface area contributed by atoms with Crippen molar-refractivity contribution in [3.05, 3.63) is 59.4 Å². The van der Waals surface area contributed by atoms with Gasteiger partial charge < -0.3 is 14.4 Å². The lowest BCUT2D eigenvalue weighted by molar-refractivity contribution is 0.0730. The maximum Gasteiger partial charge on any atom is 0.257 e. The van der Waals surface area contributed by atoms with Gasteiger partial charge in [0.1, 0.15) is 5.82 Å². The highest BCUT2D eigenvalue weighted by Gasteiger charge is 2.32. The van der Waals surface area contributed by atoms with Gasteiger partial charge in [0.2, 0.25) is 0 Å². The first-order valence-corrected chi connectivity index (χ1v) is 7.93. The smallest absolute Gasteiger partial charge is 0.257 e. The second-order valence-corrected chi connectivity index (χ2v) is 5.75. The largest absolute Gasteiger partial charge is 0.493 e. The summed E-state index contributed by atoms with van der Waals surface area (Å²) in [4.78, 5) is 14.5. The van der Waals surface area contributed by atoms with E-state index >= 15 is 0 Å². The van der Waals surface area contributed by atoms with Crippen molar-refractivity contribution in [1.82, 2.24) is 4.90 Å². The Morgan fingerprint density at radius 2 is 1.88 bits per heavy atom. The van der Waals surface area contributed by atoms with Gasteiger partial charge in [-0.05, 0) is 42.7 Å². The van der Waals surface area contributed by atoms with Crippen LogP contribution < -0.4 is 9.47 Å². The van der Waals surface area contributed by atoms with E-state index in [9.17, 15) is 9.18 Å². The Hall–Kier alpha value is -2.56. The minimum atomic E-state index is -0.486. The third-order valence-electron chi connectivity index (χ3n) is 4.41. The average Bonchev–Trinajstić information content (AvgIpc) is 3.10. The zero-order valence-electron chi connectivity index (χ0n) is 13.8. The monoisotopic (exact) mass is 329 g/mol. The molecule has 0 bridgehead atoms. The van der Waals surface area contributed by atoms with E-state index in [1.54, 1.807) is 31.3 Å². The van der Waals surface area contributed by atoms with E-state index in [2.05, 4.69) is 0 Å². The molecule has 24 heavy (non-hydrogen) atoms. The molecular weight excluding hydrogens is 309 g/mol. The van der Waals surface area contributed by atoms with Crippen LogP contribution >= 0.6 is 0 Å². The van der Waals surface area contributed by atoms with E-state index in [0.29, 0.717) is 18.0 Å². The maximum absolute atomic E-state index is 14.0. The van der Waals surface area contributed by atoms with Crippen molar-refractivity contribution >= 4 is 5.91 Å². The standard InChI is InChI=1S/C19H20FNO3/c1-23-17-10-9-13(12-18(17)24-2)16-8-5-11-21(16)19(22)14-6-3-4-7-15(14)20/h3-4,6-7,9-10,12,16H,5,8,11H2,1-2H3. The van der Waals surface area contributed by atoms with Gasteiger partial charge in [0.25, 0.3) is 5.91 Å². The van der Waals surface area contributed by atoms with E-state index in [0.717, 1.165) is 18.4 Å². The SMILES string of the molecule is COc1ccc(C2CCCN2C(=O)c2ccccc2F)cc1OC. The van der Waals surface area contributed by atoms with Crippen molar-refractivity contribution in [3.8, 4) is 11.5 Å². The lowest BCUT2D eigenvalue weighted by atomic mass is 10.0. The van der Waals surface area contributed by atoms with E-state index in [1.165, 1.54) is 12.1 Å². The topological polar surface area (TPSA) is 38.8 Å². The number of carbonyl (C=O) groups excluding carboxylic acids is 1. The Bertz CT molecular complexity index is 747. The van der Waals surface area contributed by atoms with E-state index in [1.807, 2.05) is 18.2 Å². The molecule has 2 aromatic carbocycles. The predicted octanol–water partition coefficient (Wildman–Crippen LogP) is 3.82. The fourth-order valence-corrected chi connectivity index (χ4v) is 3.21. The van der Waals surface area contributed by atoms with Crippen LogP contribution in [0.5, 0.6) is 11.5 Å². The number of carbonyl (C=O) groups is 1. The highest BCUT2D eigenvalue weighted by Crippen LogP contribution is 2.37. The summed E-state index contributed by atoms with van der Waals surface area (Å²) in [6.45, 7) is 0.617. The molecule has 126 valence electrons. The van der Waals surface area contributed by atoms with Crippen molar-refractivity contribution < 1.29 is 18.7 Å². The molecule has 1 aliphatic heterocycles. The first-order valence-electron chi connectivity index (χ1n) is 7.93. The molecule has 1 aliphatic rings. The van der Waals surface area contributed by atoms with Gasteiger partial charge >= 0.3 is 0 Å². The number of hydrogen-bond acceptors (Lipinski definition) is 3. The average molecular weight is 329 g/mol.